The highest BCUT2D eigenvalue weighted by molar-refractivity contribution is 6.74. The van der Waals surface area contributed by atoms with Crippen molar-refractivity contribution >= 4 is 8.32 Å². The minimum Gasteiger partial charge on any atom is -0.518 e. The molecule has 0 spiro atoms. The number of hydrogen-bond acceptors (Lipinski definition) is 4. The summed E-state index contributed by atoms with van der Waals surface area (Å²) in [5.74, 6) is 0.663. The molecule has 112 valence electrons. The van der Waals surface area contributed by atoms with E-state index in [0.29, 0.717) is 12.6 Å². The molecule has 5 heteroatoms. The molecule has 0 saturated carbocycles. The minimum absolute atomic E-state index is 0.175. The fourth-order valence-electron chi connectivity index (χ4n) is 1.50. The zero-order valence-electron chi connectivity index (χ0n) is 13.3. The molecule has 1 aliphatic heterocycles. The molecule has 1 fully saturated rings. The lowest BCUT2D eigenvalue weighted by Gasteiger charge is -2.37. The van der Waals surface area contributed by atoms with Crippen LogP contribution >= 0.6 is 0 Å². The van der Waals surface area contributed by atoms with Crippen molar-refractivity contribution in [1.82, 2.24) is 4.90 Å². The summed E-state index contributed by atoms with van der Waals surface area (Å²) in [6, 6.07) is 0. The second-order valence-corrected chi connectivity index (χ2v) is 11.1. The van der Waals surface area contributed by atoms with Crippen molar-refractivity contribution < 1.29 is 13.9 Å². The van der Waals surface area contributed by atoms with Gasteiger partial charge in [0.25, 0.3) is 14.3 Å². The Morgan fingerprint density at radius 2 is 1.84 bits per heavy atom. The smallest absolute Gasteiger partial charge is 0.282 e. The van der Waals surface area contributed by atoms with Crippen LogP contribution in [0.4, 0.5) is 0 Å². The molecule has 0 bridgehead atoms. The summed E-state index contributed by atoms with van der Waals surface area (Å²) in [6.07, 6.45) is 2.01. The van der Waals surface area contributed by atoms with Crippen LogP contribution in [-0.2, 0) is 13.9 Å². The summed E-state index contributed by atoms with van der Waals surface area (Å²) in [5.41, 5.74) is 0. The van der Waals surface area contributed by atoms with Gasteiger partial charge in [-0.05, 0) is 25.1 Å². The highest BCUT2D eigenvalue weighted by Crippen LogP contribution is 2.38. The molecule has 4 nitrogen and oxygen atoms in total. The quantitative estimate of drug-likeness (QED) is 0.574. The largest absolute Gasteiger partial charge is 0.518 e. The average molecular weight is 287 g/mol. The third-order valence-corrected chi connectivity index (χ3v) is 8.11. The van der Waals surface area contributed by atoms with Crippen LogP contribution < -0.4 is 0 Å². The molecule has 19 heavy (non-hydrogen) atoms. The summed E-state index contributed by atoms with van der Waals surface area (Å²) in [6.45, 7) is 17.1. The Morgan fingerprint density at radius 3 is 2.32 bits per heavy atom. The molecule has 0 aromatic rings. The van der Waals surface area contributed by atoms with Crippen LogP contribution in [0.3, 0.4) is 0 Å². The van der Waals surface area contributed by atoms with E-state index in [1.807, 2.05) is 13.1 Å². The number of nitrogens with zero attached hydrogens (tertiary/aromatic N) is 1. The Labute approximate surface area is 118 Å². The first kappa shape index (κ1) is 16.4. The molecule has 0 radical (unpaired) electrons. The van der Waals surface area contributed by atoms with Crippen molar-refractivity contribution in [2.24, 2.45) is 0 Å². The van der Waals surface area contributed by atoms with Crippen LogP contribution in [0.2, 0.25) is 18.1 Å². The van der Waals surface area contributed by atoms with Gasteiger partial charge in [-0.15, -0.1) is 0 Å². The maximum atomic E-state index is 6.24. The Kier molecular flexibility index (Phi) is 5.74. The lowest BCUT2D eigenvalue weighted by molar-refractivity contribution is 0.0478. The fourth-order valence-corrected chi connectivity index (χ4v) is 2.42. The summed E-state index contributed by atoms with van der Waals surface area (Å²) in [7, 11) is -1.84. The summed E-state index contributed by atoms with van der Waals surface area (Å²) >= 11 is 0. The van der Waals surface area contributed by atoms with E-state index >= 15 is 0 Å². The maximum Gasteiger partial charge on any atom is 0.282 e. The van der Waals surface area contributed by atoms with E-state index in [1.54, 1.807) is 0 Å². The van der Waals surface area contributed by atoms with E-state index in [1.165, 1.54) is 0 Å². The second kappa shape index (κ2) is 6.66. The molecule has 1 aliphatic rings. The topological polar surface area (TPSA) is 30.9 Å². The van der Waals surface area contributed by atoms with Gasteiger partial charge in [0.2, 0.25) is 0 Å². The molecule has 0 amide bonds. The molecule has 0 aromatic carbocycles. The van der Waals surface area contributed by atoms with Crippen molar-refractivity contribution in [2.75, 3.05) is 32.9 Å². The third-order valence-electron chi connectivity index (χ3n) is 3.78. The van der Waals surface area contributed by atoms with Gasteiger partial charge in [0, 0.05) is 13.1 Å². The predicted molar refractivity (Wildman–Crippen MR) is 80.4 cm³/mol. The van der Waals surface area contributed by atoms with Crippen molar-refractivity contribution in [1.29, 1.82) is 0 Å². The fraction of sp³-hybridized carbons (Fsp3) is 0.857. The highest BCUT2D eigenvalue weighted by atomic mass is 28.4. The van der Waals surface area contributed by atoms with Crippen LogP contribution in [0.1, 0.15) is 27.7 Å². The maximum absolute atomic E-state index is 6.24. The Hall–Kier alpha value is -0.683. The zero-order chi connectivity index (χ0) is 14.5. The first-order chi connectivity index (χ1) is 8.76. The molecule has 1 heterocycles. The standard InChI is InChI=1S/C14H29NO3Si/c1-7-17-13(12-15-8-10-16-11-9-15)18-19(5,6)14(2,3)4/h12H,7-11H2,1-6H3/b13-12+. The molecule has 0 N–H and O–H groups in total. The third kappa shape index (κ3) is 5.07. The van der Waals surface area contributed by atoms with Crippen molar-refractivity contribution in [3.63, 3.8) is 0 Å². The molecular formula is C14H29NO3Si. The number of morpholine rings is 1. The van der Waals surface area contributed by atoms with Gasteiger partial charge in [0.1, 0.15) is 0 Å². The van der Waals surface area contributed by atoms with Gasteiger partial charge in [0.15, 0.2) is 0 Å². The normalized spacial score (nSPS) is 18.4. The van der Waals surface area contributed by atoms with E-state index in [4.69, 9.17) is 13.9 Å². The first-order valence-corrected chi connectivity index (χ1v) is 10.0. The number of rotatable bonds is 5. The summed E-state index contributed by atoms with van der Waals surface area (Å²) < 4.78 is 17.3. The van der Waals surface area contributed by atoms with Gasteiger partial charge < -0.3 is 18.8 Å². The SMILES string of the molecule is CCO/C(=C\N1CCOCC1)O[Si](C)(C)C(C)(C)C. The number of ether oxygens (including phenoxy) is 2. The molecule has 0 unspecified atom stereocenters. The molecule has 0 atom stereocenters. The van der Waals surface area contributed by atoms with Crippen LogP contribution in [0.15, 0.2) is 12.1 Å². The van der Waals surface area contributed by atoms with Gasteiger partial charge in [0.05, 0.1) is 26.0 Å². The van der Waals surface area contributed by atoms with Crippen LogP contribution in [0.25, 0.3) is 0 Å². The monoisotopic (exact) mass is 287 g/mol. The molecular weight excluding hydrogens is 258 g/mol. The Morgan fingerprint density at radius 1 is 1.26 bits per heavy atom. The van der Waals surface area contributed by atoms with E-state index < -0.39 is 8.32 Å². The average Bonchev–Trinajstić information content (AvgIpc) is 2.28. The van der Waals surface area contributed by atoms with Crippen molar-refractivity contribution in [3.8, 4) is 0 Å². The highest BCUT2D eigenvalue weighted by Gasteiger charge is 2.40. The molecule has 1 saturated heterocycles. The zero-order valence-corrected chi connectivity index (χ0v) is 14.3. The molecule has 0 aliphatic carbocycles. The summed E-state index contributed by atoms with van der Waals surface area (Å²) in [5, 5.41) is 0.175. The Balaban J connectivity index is 2.74. The van der Waals surface area contributed by atoms with E-state index in [-0.39, 0.29) is 5.04 Å². The van der Waals surface area contributed by atoms with Gasteiger partial charge in [-0.3, -0.25) is 0 Å². The first-order valence-electron chi connectivity index (χ1n) is 7.11. The molecule has 0 aromatic heterocycles. The molecule has 1 rings (SSSR count). The lowest BCUT2D eigenvalue weighted by Crippen LogP contribution is -2.41. The lowest BCUT2D eigenvalue weighted by atomic mass is 10.2. The summed E-state index contributed by atoms with van der Waals surface area (Å²) in [4.78, 5) is 2.21. The second-order valence-electron chi connectivity index (χ2n) is 6.39. The van der Waals surface area contributed by atoms with Gasteiger partial charge in [-0.1, -0.05) is 20.8 Å². The Bertz CT molecular complexity index is 304. The van der Waals surface area contributed by atoms with Crippen LogP contribution in [-0.4, -0.2) is 46.1 Å². The van der Waals surface area contributed by atoms with E-state index in [2.05, 4.69) is 38.8 Å². The van der Waals surface area contributed by atoms with Crippen molar-refractivity contribution in [3.05, 3.63) is 12.1 Å². The number of hydrogen-bond donors (Lipinski definition) is 0. The van der Waals surface area contributed by atoms with E-state index in [9.17, 15) is 0 Å². The predicted octanol–water partition coefficient (Wildman–Crippen LogP) is 3.18. The van der Waals surface area contributed by atoms with Gasteiger partial charge in [-0.2, -0.15) is 0 Å². The van der Waals surface area contributed by atoms with E-state index in [0.717, 1.165) is 26.3 Å². The minimum atomic E-state index is -1.84. The van der Waals surface area contributed by atoms with Crippen LogP contribution in [0.5, 0.6) is 0 Å². The van der Waals surface area contributed by atoms with Gasteiger partial charge >= 0.3 is 0 Å². The van der Waals surface area contributed by atoms with Crippen molar-refractivity contribution in [2.45, 2.75) is 45.8 Å². The van der Waals surface area contributed by atoms with Gasteiger partial charge in [-0.25, -0.2) is 0 Å². The van der Waals surface area contributed by atoms with Crippen LogP contribution in [0, 0.1) is 0 Å².